The lowest BCUT2D eigenvalue weighted by molar-refractivity contribution is 0.198. The Kier molecular flexibility index (Phi) is 7.22. The summed E-state index contributed by atoms with van der Waals surface area (Å²) in [7, 11) is 5.80. The van der Waals surface area contributed by atoms with E-state index >= 15 is 0 Å². The Hall–Kier alpha value is -1.26. The summed E-state index contributed by atoms with van der Waals surface area (Å²) in [5.41, 5.74) is 1.12. The van der Waals surface area contributed by atoms with Crippen LogP contribution in [0, 0.1) is 0 Å². The van der Waals surface area contributed by atoms with E-state index in [1.54, 1.807) is 7.11 Å². The van der Waals surface area contributed by atoms with Crippen LogP contribution in [0.25, 0.3) is 0 Å². The number of ether oxygens (including phenoxy) is 2. The number of anilines is 1. The lowest BCUT2D eigenvalue weighted by Crippen LogP contribution is -2.19. The molecule has 0 fully saturated rings. The molecule has 0 aliphatic rings. The normalized spacial score (nSPS) is 10.7. The summed E-state index contributed by atoms with van der Waals surface area (Å²) >= 11 is 0. The van der Waals surface area contributed by atoms with Crippen LogP contribution >= 0.6 is 0 Å². The number of nitrogens with zero attached hydrogens (tertiary/aromatic N) is 1. The van der Waals surface area contributed by atoms with Crippen molar-refractivity contribution >= 4 is 5.69 Å². The van der Waals surface area contributed by atoms with Gasteiger partial charge in [0, 0.05) is 32.5 Å². The number of rotatable bonds is 9. The van der Waals surface area contributed by atoms with E-state index in [-0.39, 0.29) is 0 Å². The topological polar surface area (TPSA) is 33.7 Å². The average molecular weight is 252 g/mol. The van der Waals surface area contributed by atoms with E-state index in [2.05, 4.69) is 10.2 Å². The van der Waals surface area contributed by atoms with E-state index < -0.39 is 0 Å². The smallest absolute Gasteiger partial charge is 0.119 e. The molecular formula is C14H24N2O2. The molecule has 18 heavy (non-hydrogen) atoms. The molecule has 4 heteroatoms. The molecule has 0 amide bonds. The van der Waals surface area contributed by atoms with Crippen molar-refractivity contribution in [3.05, 3.63) is 24.3 Å². The van der Waals surface area contributed by atoms with Crippen molar-refractivity contribution in [2.75, 3.05) is 52.8 Å². The van der Waals surface area contributed by atoms with Gasteiger partial charge in [-0.2, -0.15) is 0 Å². The van der Waals surface area contributed by atoms with Crippen LogP contribution in [0.2, 0.25) is 0 Å². The van der Waals surface area contributed by atoms with Gasteiger partial charge < -0.3 is 19.7 Å². The molecule has 0 saturated heterocycles. The fourth-order valence-corrected chi connectivity index (χ4v) is 1.46. The molecule has 0 heterocycles. The lowest BCUT2D eigenvalue weighted by atomic mass is 10.3. The van der Waals surface area contributed by atoms with Crippen LogP contribution in [0.4, 0.5) is 5.69 Å². The minimum absolute atomic E-state index is 0.716. The Labute approximate surface area is 110 Å². The predicted molar refractivity (Wildman–Crippen MR) is 75.5 cm³/mol. The standard InChI is InChI=1S/C14H24N2O2/c1-16(2)10-12-18-14-7-5-13(6-8-14)15-9-4-11-17-3/h5-8,15H,4,9-12H2,1-3H3. The first kappa shape index (κ1) is 14.8. The molecule has 102 valence electrons. The summed E-state index contributed by atoms with van der Waals surface area (Å²) < 4.78 is 10.6. The number of likely N-dealkylation sites (N-methyl/N-ethyl adjacent to an activating group) is 1. The van der Waals surface area contributed by atoms with E-state index in [1.807, 2.05) is 38.4 Å². The third-order valence-electron chi connectivity index (χ3n) is 2.52. The first-order valence-corrected chi connectivity index (χ1v) is 6.33. The maximum atomic E-state index is 5.63. The molecule has 0 radical (unpaired) electrons. The van der Waals surface area contributed by atoms with Gasteiger partial charge >= 0.3 is 0 Å². The van der Waals surface area contributed by atoms with Gasteiger partial charge in [0.2, 0.25) is 0 Å². The molecule has 0 aliphatic carbocycles. The molecule has 0 spiro atoms. The largest absolute Gasteiger partial charge is 0.492 e. The second-order valence-electron chi connectivity index (χ2n) is 4.45. The van der Waals surface area contributed by atoms with Gasteiger partial charge in [0.15, 0.2) is 0 Å². The molecule has 0 saturated carbocycles. The molecule has 1 rings (SSSR count). The van der Waals surface area contributed by atoms with Gasteiger partial charge in [-0.1, -0.05) is 0 Å². The number of hydrogen-bond donors (Lipinski definition) is 1. The van der Waals surface area contributed by atoms with Crippen molar-refractivity contribution < 1.29 is 9.47 Å². The highest BCUT2D eigenvalue weighted by molar-refractivity contribution is 5.46. The van der Waals surface area contributed by atoms with Gasteiger partial charge in [0.1, 0.15) is 12.4 Å². The maximum Gasteiger partial charge on any atom is 0.119 e. The molecule has 1 aromatic rings. The second-order valence-corrected chi connectivity index (χ2v) is 4.45. The number of hydrogen-bond acceptors (Lipinski definition) is 4. The summed E-state index contributed by atoms with van der Waals surface area (Å²) in [5, 5.41) is 3.34. The third-order valence-corrected chi connectivity index (χ3v) is 2.52. The van der Waals surface area contributed by atoms with Gasteiger partial charge in [-0.05, 0) is 44.8 Å². The molecule has 0 bridgehead atoms. The Morgan fingerprint density at radius 2 is 1.83 bits per heavy atom. The van der Waals surface area contributed by atoms with Crippen LogP contribution in [-0.4, -0.2) is 52.4 Å². The van der Waals surface area contributed by atoms with Crippen molar-refractivity contribution in [2.45, 2.75) is 6.42 Å². The summed E-state index contributed by atoms with van der Waals surface area (Å²) in [6, 6.07) is 8.07. The summed E-state index contributed by atoms with van der Waals surface area (Å²) in [6.07, 6.45) is 1.01. The van der Waals surface area contributed by atoms with E-state index in [0.29, 0.717) is 6.61 Å². The molecule has 4 nitrogen and oxygen atoms in total. The number of nitrogens with one attached hydrogen (secondary N) is 1. The maximum absolute atomic E-state index is 5.63. The van der Waals surface area contributed by atoms with Gasteiger partial charge in [0.05, 0.1) is 0 Å². The molecule has 0 aromatic heterocycles. The zero-order valence-corrected chi connectivity index (χ0v) is 11.6. The highest BCUT2D eigenvalue weighted by atomic mass is 16.5. The van der Waals surface area contributed by atoms with Crippen molar-refractivity contribution in [2.24, 2.45) is 0 Å². The number of methoxy groups -OCH3 is 1. The first-order valence-electron chi connectivity index (χ1n) is 6.33. The van der Waals surface area contributed by atoms with Gasteiger partial charge in [-0.15, -0.1) is 0 Å². The van der Waals surface area contributed by atoms with Crippen LogP contribution in [0.15, 0.2) is 24.3 Å². The van der Waals surface area contributed by atoms with E-state index in [4.69, 9.17) is 9.47 Å². The molecule has 0 atom stereocenters. The van der Waals surface area contributed by atoms with E-state index in [9.17, 15) is 0 Å². The number of benzene rings is 1. The van der Waals surface area contributed by atoms with Crippen LogP contribution in [0.3, 0.4) is 0 Å². The summed E-state index contributed by atoms with van der Waals surface area (Å²) in [6.45, 7) is 3.36. The Bertz CT molecular complexity index is 312. The van der Waals surface area contributed by atoms with Gasteiger partial charge in [-0.25, -0.2) is 0 Å². The van der Waals surface area contributed by atoms with Crippen LogP contribution in [0.5, 0.6) is 5.75 Å². The molecule has 0 unspecified atom stereocenters. The Morgan fingerprint density at radius 3 is 2.44 bits per heavy atom. The van der Waals surface area contributed by atoms with Gasteiger partial charge in [0.25, 0.3) is 0 Å². The zero-order chi connectivity index (χ0) is 13.2. The van der Waals surface area contributed by atoms with Crippen molar-refractivity contribution in [3.63, 3.8) is 0 Å². The highest BCUT2D eigenvalue weighted by Crippen LogP contribution is 2.15. The predicted octanol–water partition coefficient (Wildman–Crippen LogP) is 2.08. The van der Waals surface area contributed by atoms with Crippen molar-refractivity contribution in [1.29, 1.82) is 0 Å². The molecule has 1 N–H and O–H groups in total. The Morgan fingerprint density at radius 1 is 1.11 bits per heavy atom. The third kappa shape index (κ3) is 6.47. The minimum Gasteiger partial charge on any atom is -0.492 e. The fourth-order valence-electron chi connectivity index (χ4n) is 1.46. The van der Waals surface area contributed by atoms with Gasteiger partial charge in [-0.3, -0.25) is 0 Å². The van der Waals surface area contributed by atoms with Crippen LogP contribution < -0.4 is 10.1 Å². The van der Waals surface area contributed by atoms with Crippen LogP contribution in [0.1, 0.15) is 6.42 Å². The highest BCUT2D eigenvalue weighted by Gasteiger charge is 1.96. The minimum atomic E-state index is 0.716. The van der Waals surface area contributed by atoms with E-state index in [0.717, 1.165) is 37.6 Å². The monoisotopic (exact) mass is 252 g/mol. The molecule has 1 aromatic carbocycles. The second kappa shape index (κ2) is 8.78. The Balaban J connectivity index is 2.24. The van der Waals surface area contributed by atoms with Crippen LogP contribution in [-0.2, 0) is 4.74 Å². The molecule has 0 aliphatic heterocycles. The lowest BCUT2D eigenvalue weighted by Gasteiger charge is -2.11. The zero-order valence-electron chi connectivity index (χ0n) is 11.6. The quantitative estimate of drug-likeness (QED) is 0.682. The summed E-state index contributed by atoms with van der Waals surface area (Å²) in [5.74, 6) is 0.916. The molecular weight excluding hydrogens is 228 g/mol. The summed E-state index contributed by atoms with van der Waals surface area (Å²) in [4.78, 5) is 2.10. The van der Waals surface area contributed by atoms with Crippen molar-refractivity contribution in [3.8, 4) is 5.75 Å². The van der Waals surface area contributed by atoms with E-state index in [1.165, 1.54) is 0 Å². The van der Waals surface area contributed by atoms with Crippen molar-refractivity contribution in [1.82, 2.24) is 4.90 Å². The SMILES string of the molecule is COCCCNc1ccc(OCCN(C)C)cc1. The first-order chi connectivity index (χ1) is 8.72. The average Bonchev–Trinajstić information content (AvgIpc) is 2.36. The fraction of sp³-hybridized carbons (Fsp3) is 0.571.